The summed E-state index contributed by atoms with van der Waals surface area (Å²) < 4.78 is 5.71. The molecule has 1 N–H and O–H groups in total. The van der Waals surface area contributed by atoms with Gasteiger partial charge in [-0.25, -0.2) is 4.98 Å². The first-order valence-electron chi connectivity index (χ1n) is 6.97. The molecule has 0 aliphatic rings. The molecule has 108 valence electrons. The van der Waals surface area contributed by atoms with Crippen LogP contribution in [0.1, 0.15) is 50.7 Å². The number of hydrogen-bond acceptors (Lipinski definition) is 4. The molecule has 0 amide bonds. The Morgan fingerprint density at radius 1 is 1.30 bits per heavy atom. The van der Waals surface area contributed by atoms with Crippen molar-refractivity contribution < 1.29 is 9.52 Å². The molecule has 2 aromatic rings. The molecular formula is C16H22N2O2. The minimum atomic E-state index is -0.930. The molecule has 0 fully saturated rings. The summed E-state index contributed by atoms with van der Waals surface area (Å²) in [5.74, 6) is 2.10. The summed E-state index contributed by atoms with van der Waals surface area (Å²) in [6.45, 7) is 7.74. The van der Waals surface area contributed by atoms with Crippen molar-refractivity contribution in [2.24, 2.45) is 5.92 Å². The number of oxazole rings is 1. The quantitative estimate of drug-likeness (QED) is 0.910. The van der Waals surface area contributed by atoms with Crippen LogP contribution in [0.4, 0.5) is 0 Å². The standard InChI is InChI=1S/C16H22N2O2/c1-11(2)8-15-17-10-13(20-15)9-12-6-5-7-14(18-12)16(3,4)19/h5-7,10-11,19H,8-9H2,1-4H3. The van der Waals surface area contributed by atoms with Gasteiger partial charge in [0.05, 0.1) is 11.9 Å². The average Bonchev–Trinajstić information content (AvgIpc) is 2.75. The lowest BCUT2D eigenvalue weighted by molar-refractivity contribution is 0.0736. The van der Waals surface area contributed by atoms with Crippen LogP contribution >= 0.6 is 0 Å². The fraction of sp³-hybridized carbons (Fsp3) is 0.500. The van der Waals surface area contributed by atoms with E-state index in [2.05, 4.69) is 23.8 Å². The maximum atomic E-state index is 9.98. The van der Waals surface area contributed by atoms with Crippen molar-refractivity contribution in [3.05, 3.63) is 47.4 Å². The van der Waals surface area contributed by atoms with Gasteiger partial charge in [0.25, 0.3) is 0 Å². The van der Waals surface area contributed by atoms with Gasteiger partial charge in [0.15, 0.2) is 5.89 Å². The Morgan fingerprint density at radius 2 is 2.05 bits per heavy atom. The van der Waals surface area contributed by atoms with Gasteiger partial charge in [0.2, 0.25) is 0 Å². The van der Waals surface area contributed by atoms with E-state index in [-0.39, 0.29) is 0 Å². The van der Waals surface area contributed by atoms with E-state index >= 15 is 0 Å². The van der Waals surface area contributed by atoms with E-state index in [0.717, 1.165) is 23.8 Å². The van der Waals surface area contributed by atoms with Crippen LogP contribution < -0.4 is 0 Å². The number of rotatable bonds is 5. The first kappa shape index (κ1) is 14.7. The molecule has 20 heavy (non-hydrogen) atoms. The Kier molecular flexibility index (Phi) is 4.23. The SMILES string of the molecule is CC(C)Cc1ncc(Cc2cccc(C(C)(C)O)n2)o1. The lowest BCUT2D eigenvalue weighted by atomic mass is 10.0. The topological polar surface area (TPSA) is 59.2 Å². The fourth-order valence-electron chi connectivity index (χ4n) is 1.97. The first-order chi connectivity index (χ1) is 9.34. The highest BCUT2D eigenvalue weighted by Gasteiger charge is 2.18. The average molecular weight is 274 g/mol. The van der Waals surface area contributed by atoms with Gasteiger partial charge in [0, 0.05) is 18.5 Å². The third-order valence-corrected chi connectivity index (χ3v) is 2.97. The highest BCUT2D eigenvalue weighted by atomic mass is 16.4. The summed E-state index contributed by atoms with van der Waals surface area (Å²) >= 11 is 0. The number of aromatic nitrogens is 2. The van der Waals surface area contributed by atoms with Crippen LogP contribution in [0.15, 0.2) is 28.8 Å². The molecule has 2 heterocycles. The van der Waals surface area contributed by atoms with Gasteiger partial charge in [-0.15, -0.1) is 0 Å². The van der Waals surface area contributed by atoms with Gasteiger partial charge in [-0.2, -0.15) is 0 Å². The first-order valence-corrected chi connectivity index (χ1v) is 6.97. The predicted octanol–water partition coefficient (Wildman–Crippen LogP) is 3.09. The van der Waals surface area contributed by atoms with Crippen LogP contribution in [-0.4, -0.2) is 15.1 Å². The summed E-state index contributed by atoms with van der Waals surface area (Å²) in [4.78, 5) is 8.75. The molecule has 2 rings (SSSR count). The van der Waals surface area contributed by atoms with Crippen molar-refractivity contribution in [3.63, 3.8) is 0 Å². The van der Waals surface area contributed by atoms with E-state index in [1.165, 1.54) is 0 Å². The van der Waals surface area contributed by atoms with Gasteiger partial charge in [0.1, 0.15) is 11.4 Å². The third-order valence-electron chi connectivity index (χ3n) is 2.97. The molecule has 0 aliphatic carbocycles. The zero-order valence-electron chi connectivity index (χ0n) is 12.6. The molecule has 0 atom stereocenters. The van der Waals surface area contributed by atoms with Crippen molar-refractivity contribution in [3.8, 4) is 0 Å². The van der Waals surface area contributed by atoms with Crippen LogP contribution in [0.2, 0.25) is 0 Å². The summed E-state index contributed by atoms with van der Waals surface area (Å²) in [6.07, 6.45) is 3.20. The second kappa shape index (κ2) is 5.75. The Morgan fingerprint density at radius 3 is 2.70 bits per heavy atom. The van der Waals surface area contributed by atoms with E-state index in [1.807, 2.05) is 18.2 Å². The molecule has 0 spiro atoms. The normalized spacial score (nSPS) is 12.1. The molecular weight excluding hydrogens is 252 g/mol. The van der Waals surface area contributed by atoms with Crippen molar-refractivity contribution in [2.75, 3.05) is 0 Å². The van der Waals surface area contributed by atoms with E-state index in [4.69, 9.17) is 4.42 Å². The van der Waals surface area contributed by atoms with E-state index in [9.17, 15) is 5.11 Å². The van der Waals surface area contributed by atoms with Gasteiger partial charge in [-0.3, -0.25) is 4.98 Å². The summed E-state index contributed by atoms with van der Waals surface area (Å²) in [5, 5.41) is 9.98. The predicted molar refractivity (Wildman–Crippen MR) is 77.3 cm³/mol. The number of pyridine rings is 1. The number of nitrogens with zero attached hydrogens (tertiary/aromatic N) is 2. The van der Waals surface area contributed by atoms with Gasteiger partial charge < -0.3 is 9.52 Å². The Hall–Kier alpha value is -1.68. The van der Waals surface area contributed by atoms with Crippen molar-refractivity contribution in [1.82, 2.24) is 9.97 Å². The van der Waals surface area contributed by atoms with Gasteiger partial charge >= 0.3 is 0 Å². The van der Waals surface area contributed by atoms with Crippen LogP contribution in [0, 0.1) is 5.92 Å². The molecule has 0 aliphatic heterocycles. The highest BCUT2D eigenvalue weighted by molar-refractivity contribution is 5.18. The zero-order chi connectivity index (χ0) is 14.8. The maximum Gasteiger partial charge on any atom is 0.194 e. The molecule has 2 aromatic heterocycles. The zero-order valence-corrected chi connectivity index (χ0v) is 12.6. The lowest BCUT2D eigenvalue weighted by Gasteiger charge is -2.16. The minimum Gasteiger partial charge on any atom is -0.445 e. The molecule has 0 unspecified atom stereocenters. The fourth-order valence-corrected chi connectivity index (χ4v) is 1.97. The van der Waals surface area contributed by atoms with E-state index < -0.39 is 5.60 Å². The van der Waals surface area contributed by atoms with Crippen LogP contribution in [0.5, 0.6) is 0 Å². The molecule has 0 radical (unpaired) electrons. The summed E-state index contributed by atoms with van der Waals surface area (Å²) in [6, 6.07) is 5.66. The van der Waals surface area contributed by atoms with Crippen LogP contribution in [-0.2, 0) is 18.4 Å². The molecule has 0 bridgehead atoms. The second-order valence-electron chi connectivity index (χ2n) is 6.07. The molecule has 0 aromatic carbocycles. The lowest BCUT2D eigenvalue weighted by Crippen LogP contribution is -2.18. The van der Waals surface area contributed by atoms with E-state index in [0.29, 0.717) is 18.0 Å². The molecule has 4 nitrogen and oxygen atoms in total. The monoisotopic (exact) mass is 274 g/mol. The van der Waals surface area contributed by atoms with Crippen molar-refractivity contribution in [1.29, 1.82) is 0 Å². The second-order valence-corrected chi connectivity index (χ2v) is 6.07. The Labute approximate surface area is 119 Å². The minimum absolute atomic E-state index is 0.526. The van der Waals surface area contributed by atoms with Crippen LogP contribution in [0.3, 0.4) is 0 Å². The summed E-state index contributed by atoms with van der Waals surface area (Å²) in [7, 11) is 0. The maximum absolute atomic E-state index is 9.98. The summed E-state index contributed by atoms with van der Waals surface area (Å²) in [5.41, 5.74) is 0.606. The largest absolute Gasteiger partial charge is 0.445 e. The van der Waals surface area contributed by atoms with Gasteiger partial charge in [-0.05, 0) is 31.9 Å². The number of hydrogen-bond donors (Lipinski definition) is 1. The van der Waals surface area contributed by atoms with Crippen LogP contribution in [0.25, 0.3) is 0 Å². The highest BCUT2D eigenvalue weighted by Crippen LogP contribution is 2.19. The molecule has 4 heteroatoms. The van der Waals surface area contributed by atoms with Gasteiger partial charge in [-0.1, -0.05) is 19.9 Å². The molecule has 0 saturated heterocycles. The smallest absolute Gasteiger partial charge is 0.194 e. The molecule has 0 saturated carbocycles. The number of aliphatic hydroxyl groups is 1. The van der Waals surface area contributed by atoms with Crippen molar-refractivity contribution >= 4 is 0 Å². The Bertz CT molecular complexity index is 568. The van der Waals surface area contributed by atoms with Crippen molar-refractivity contribution in [2.45, 2.75) is 46.1 Å². The Balaban J connectivity index is 2.12. The third kappa shape index (κ3) is 3.90. The van der Waals surface area contributed by atoms with E-state index in [1.54, 1.807) is 20.0 Å².